The van der Waals surface area contributed by atoms with E-state index in [-0.39, 0.29) is 44.3 Å². The van der Waals surface area contributed by atoms with Crippen molar-refractivity contribution in [1.29, 1.82) is 0 Å². The highest BCUT2D eigenvalue weighted by molar-refractivity contribution is 6.33. The highest BCUT2D eigenvalue weighted by Gasteiger charge is 2.26. The van der Waals surface area contributed by atoms with E-state index in [1.165, 1.54) is 36.4 Å². The van der Waals surface area contributed by atoms with Gasteiger partial charge in [0, 0.05) is 35.4 Å². The lowest BCUT2D eigenvalue weighted by Crippen LogP contribution is -2.06. The van der Waals surface area contributed by atoms with E-state index >= 15 is 0 Å². The van der Waals surface area contributed by atoms with Gasteiger partial charge in [-0.15, -0.1) is 0 Å². The maximum absolute atomic E-state index is 12.2. The standard InChI is InChI=1S/C20H9Cl2N3O7/c21-14-5-1-10(7-17(14)25(29)30)19-23-16(20(26)32-19)9-12-3-6-18(31-12)13-4-2-11(24(27)28)8-15(13)22/h1-9H/b16-9-. The summed E-state index contributed by atoms with van der Waals surface area (Å²) in [6.07, 6.45) is 1.32. The molecule has 1 aromatic heterocycles. The van der Waals surface area contributed by atoms with E-state index in [1.807, 2.05) is 0 Å². The number of furan rings is 1. The number of halogens is 2. The van der Waals surface area contributed by atoms with Crippen molar-refractivity contribution in [3.8, 4) is 11.3 Å². The van der Waals surface area contributed by atoms with E-state index in [2.05, 4.69) is 4.99 Å². The minimum absolute atomic E-state index is 0.0625. The first-order valence-electron chi connectivity index (χ1n) is 8.74. The molecule has 0 bridgehead atoms. The number of hydrogen-bond donors (Lipinski definition) is 0. The molecule has 10 nitrogen and oxygen atoms in total. The van der Waals surface area contributed by atoms with Gasteiger partial charge in [0.25, 0.3) is 11.4 Å². The Kier molecular flexibility index (Phi) is 5.47. The van der Waals surface area contributed by atoms with E-state index in [0.717, 1.165) is 6.07 Å². The second-order valence-electron chi connectivity index (χ2n) is 6.38. The van der Waals surface area contributed by atoms with Gasteiger partial charge in [0.05, 0.1) is 14.9 Å². The summed E-state index contributed by atoms with van der Waals surface area (Å²) in [6.45, 7) is 0. The van der Waals surface area contributed by atoms with Gasteiger partial charge in [-0.05, 0) is 30.3 Å². The average molecular weight is 474 g/mol. The normalized spacial score (nSPS) is 14.4. The highest BCUT2D eigenvalue weighted by Crippen LogP contribution is 2.33. The zero-order valence-electron chi connectivity index (χ0n) is 15.7. The van der Waals surface area contributed by atoms with Crippen molar-refractivity contribution in [3.63, 3.8) is 0 Å². The molecule has 32 heavy (non-hydrogen) atoms. The van der Waals surface area contributed by atoms with Crippen LogP contribution >= 0.6 is 23.2 Å². The lowest BCUT2D eigenvalue weighted by Gasteiger charge is -2.00. The van der Waals surface area contributed by atoms with Crippen LogP contribution in [-0.4, -0.2) is 21.7 Å². The Hall–Kier alpha value is -4.02. The smallest absolute Gasteiger partial charge is 0.363 e. The van der Waals surface area contributed by atoms with E-state index in [4.69, 9.17) is 32.4 Å². The number of benzene rings is 2. The van der Waals surface area contributed by atoms with Gasteiger partial charge in [-0.1, -0.05) is 23.2 Å². The van der Waals surface area contributed by atoms with Crippen molar-refractivity contribution in [2.45, 2.75) is 0 Å². The number of carbonyl (C=O) groups is 1. The third-order valence-electron chi connectivity index (χ3n) is 4.34. The van der Waals surface area contributed by atoms with Gasteiger partial charge in [0.2, 0.25) is 5.90 Å². The van der Waals surface area contributed by atoms with Gasteiger partial charge in [0.1, 0.15) is 16.5 Å². The van der Waals surface area contributed by atoms with Crippen LogP contribution in [0.5, 0.6) is 0 Å². The summed E-state index contributed by atoms with van der Waals surface area (Å²) in [7, 11) is 0. The van der Waals surface area contributed by atoms with E-state index in [9.17, 15) is 25.0 Å². The first kappa shape index (κ1) is 21.2. The van der Waals surface area contributed by atoms with Gasteiger partial charge in [-0.25, -0.2) is 9.79 Å². The van der Waals surface area contributed by atoms with Crippen molar-refractivity contribution in [2.75, 3.05) is 0 Å². The minimum atomic E-state index is -0.774. The van der Waals surface area contributed by atoms with E-state index in [1.54, 1.807) is 12.1 Å². The number of ether oxygens (including phenoxy) is 1. The van der Waals surface area contributed by atoms with Crippen LogP contribution in [-0.2, 0) is 9.53 Å². The number of rotatable bonds is 5. The molecule has 3 aromatic rings. The Balaban J connectivity index is 1.63. The Morgan fingerprint density at radius 1 is 0.938 bits per heavy atom. The zero-order valence-corrected chi connectivity index (χ0v) is 17.2. The molecule has 0 aliphatic carbocycles. The number of aliphatic imine (C=N–C) groups is 1. The second kappa shape index (κ2) is 8.25. The van der Waals surface area contributed by atoms with Crippen LogP contribution in [0.25, 0.3) is 17.4 Å². The monoisotopic (exact) mass is 473 g/mol. The number of nitro benzene ring substituents is 2. The molecule has 1 aliphatic heterocycles. The molecule has 12 heteroatoms. The van der Waals surface area contributed by atoms with Gasteiger partial charge in [0.15, 0.2) is 5.70 Å². The van der Waals surface area contributed by atoms with Gasteiger partial charge >= 0.3 is 5.97 Å². The first-order chi connectivity index (χ1) is 15.2. The van der Waals surface area contributed by atoms with Crippen molar-refractivity contribution in [3.05, 3.63) is 95.8 Å². The largest absolute Gasteiger partial charge is 0.457 e. The fraction of sp³-hybridized carbons (Fsp3) is 0. The molecule has 4 rings (SSSR count). The highest BCUT2D eigenvalue weighted by atomic mass is 35.5. The number of non-ortho nitro benzene ring substituents is 1. The summed E-state index contributed by atoms with van der Waals surface area (Å²) in [4.78, 5) is 36.9. The Morgan fingerprint density at radius 2 is 1.72 bits per heavy atom. The lowest BCUT2D eigenvalue weighted by atomic mass is 10.1. The van der Waals surface area contributed by atoms with Crippen LogP contribution in [0.3, 0.4) is 0 Å². The van der Waals surface area contributed by atoms with Crippen LogP contribution in [0.1, 0.15) is 11.3 Å². The summed E-state index contributed by atoms with van der Waals surface area (Å²) in [5.74, 6) is -0.329. The van der Waals surface area contributed by atoms with E-state index in [0.29, 0.717) is 11.3 Å². The topological polar surface area (TPSA) is 138 Å². The third kappa shape index (κ3) is 4.09. The fourth-order valence-corrected chi connectivity index (χ4v) is 3.30. The first-order valence-corrected chi connectivity index (χ1v) is 9.49. The number of carbonyl (C=O) groups excluding carboxylic acids is 1. The summed E-state index contributed by atoms with van der Waals surface area (Å²) in [6, 6.07) is 11.0. The molecule has 1 aliphatic rings. The minimum Gasteiger partial charge on any atom is -0.457 e. The fourth-order valence-electron chi connectivity index (χ4n) is 2.85. The zero-order chi connectivity index (χ0) is 23.0. The van der Waals surface area contributed by atoms with Crippen molar-refractivity contribution >= 4 is 52.5 Å². The second-order valence-corrected chi connectivity index (χ2v) is 7.20. The summed E-state index contributed by atoms with van der Waals surface area (Å²) >= 11 is 11.9. The quantitative estimate of drug-likeness (QED) is 0.208. The number of esters is 1. The van der Waals surface area contributed by atoms with Crippen molar-refractivity contribution in [2.24, 2.45) is 4.99 Å². The Labute approximate surface area is 188 Å². The summed E-state index contributed by atoms with van der Waals surface area (Å²) in [5, 5.41) is 22.0. The van der Waals surface area contributed by atoms with E-state index < -0.39 is 15.8 Å². The van der Waals surface area contributed by atoms with Gasteiger partial charge < -0.3 is 9.15 Å². The number of nitrogens with zero attached hydrogens (tertiary/aromatic N) is 3. The number of nitro groups is 2. The van der Waals surface area contributed by atoms with Crippen LogP contribution in [0.15, 0.2) is 63.6 Å². The molecule has 2 heterocycles. The maximum atomic E-state index is 12.2. The molecule has 0 radical (unpaired) electrons. The molecule has 0 atom stereocenters. The Bertz CT molecular complexity index is 1360. The lowest BCUT2D eigenvalue weighted by molar-refractivity contribution is -0.385. The number of cyclic esters (lactones) is 1. The molecule has 0 saturated heterocycles. The SMILES string of the molecule is O=C1OC(c2ccc(Cl)c([N+](=O)[O-])c2)=N/C1=C\c1ccc(-c2ccc([N+](=O)[O-])cc2Cl)o1. The molecular formula is C20H9Cl2N3O7. The predicted molar refractivity (Wildman–Crippen MR) is 115 cm³/mol. The predicted octanol–water partition coefficient (Wildman–Crippen LogP) is 5.41. The van der Waals surface area contributed by atoms with Crippen LogP contribution in [0.2, 0.25) is 10.0 Å². The average Bonchev–Trinajstić information content (AvgIpc) is 3.35. The molecule has 0 amide bonds. The third-order valence-corrected chi connectivity index (χ3v) is 4.98. The van der Waals surface area contributed by atoms with Crippen molar-refractivity contribution < 1.29 is 23.8 Å². The van der Waals surface area contributed by atoms with Crippen LogP contribution < -0.4 is 0 Å². The molecule has 0 spiro atoms. The molecule has 0 N–H and O–H groups in total. The molecular weight excluding hydrogens is 465 g/mol. The molecule has 2 aromatic carbocycles. The summed E-state index contributed by atoms with van der Waals surface area (Å²) < 4.78 is 10.8. The summed E-state index contributed by atoms with van der Waals surface area (Å²) in [5.41, 5.74) is 0.0270. The Morgan fingerprint density at radius 3 is 2.41 bits per heavy atom. The maximum Gasteiger partial charge on any atom is 0.363 e. The molecule has 0 fully saturated rings. The molecule has 0 unspecified atom stereocenters. The molecule has 0 saturated carbocycles. The molecule has 160 valence electrons. The van der Waals surface area contributed by atoms with Crippen molar-refractivity contribution in [1.82, 2.24) is 0 Å². The van der Waals surface area contributed by atoms with Gasteiger partial charge in [-0.3, -0.25) is 20.2 Å². The number of hydrogen-bond acceptors (Lipinski definition) is 8. The van der Waals surface area contributed by atoms with Gasteiger partial charge in [-0.2, -0.15) is 0 Å². The van der Waals surface area contributed by atoms with Crippen LogP contribution in [0.4, 0.5) is 11.4 Å². The van der Waals surface area contributed by atoms with Crippen LogP contribution in [0, 0.1) is 20.2 Å².